The van der Waals surface area contributed by atoms with Gasteiger partial charge in [0.15, 0.2) is 0 Å². The van der Waals surface area contributed by atoms with Crippen molar-refractivity contribution in [2.75, 3.05) is 11.4 Å². The second kappa shape index (κ2) is 4.53. The molecule has 19 heavy (non-hydrogen) atoms. The fraction of sp³-hybridized carbons (Fsp3) is 0.429. The second-order valence-corrected chi connectivity index (χ2v) is 5.67. The van der Waals surface area contributed by atoms with Crippen molar-refractivity contribution in [1.29, 1.82) is 0 Å². The van der Waals surface area contributed by atoms with Gasteiger partial charge >= 0.3 is 0 Å². The summed E-state index contributed by atoms with van der Waals surface area (Å²) in [6.45, 7) is 1.98. The number of carbonyl (C=O) groups is 2. The first kappa shape index (κ1) is 12.5. The fourth-order valence-electron chi connectivity index (χ4n) is 2.45. The van der Waals surface area contributed by atoms with Crippen molar-refractivity contribution in [3.05, 3.63) is 28.8 Å². The van der Waals surface area contributed by atoms with Crippen LogP contribution < -0.4 is 10.2 Å². The largest absolute Gasteiger partial charge is 0.342 e. The van der Waals surface area contributed by atoms with Crippen LogP contribution in [-0.2, 0) is 9.59 Å². The van der Waals surface area contributed by atoms with Gasteiger partial charge in [0, 0.05) is 0 Å². The topological polar surface area (TPSA) is 49.4 Å². The molecule has 1 saturated carbocycles. The molecule has 3 rings (SSSR count). The van der Waals surface area contributed by atoms with Crippen LogP contribution in [0.2, 0.25) is 5.02 Å². The lowest BCUT2D eigenvalue weighted by atomic mass is 10.1. The minimum Gasteiger partial charge on any atom is -0.342 e. The van der Waals surface area contributed by atoms with E-state index >= 15 is 0 Å². The molecule has 1 saturated heterocycles. The number of aryl methyl sites for hydroxylation is 1. The van der Waals surface area contributed by atoms with Crippen LogP contribution in [0, 0.1) is 12.8 Å². The zero-order valence-electron chi connectivity index (χ0n) is 10.6. The summed E-state index contributed by atoms with van der Waals surface area (Å²) in [6.07, 6.45) is 2.01. The molecule has 1 heterocycles. The average Bonchev–Trinajstić information content (AvgIpc) is 3.16. The monoisotopic (exact) mass is 278 g/mol. The molecule has 0 radical (unpaired) electrons. The third-order valence-corrected chi connectivity index (χ3v) is 3.94. The van der Waals surface area contributed by atoms with E-state index < -0.39 is 0 Å². The van der Waals surface area contributed by atoms with Crippen LogP contribution in [0.25, 0.3) is 0 Å². The molecule has 100 valence electrons. The van der Waals surface area contributed by atoms with Crippen LogP contribution in [0.5, 0.6) is 0 Å². The van der Waals surface area contributed by atoms with E-state index in [1.807, 2.05) is 19.1 Å². The van der Waals surface area contributed by atoms with Crippen LogP contribution in [0.3, 0.4) is 0 Å². The van der Waals surface area contributed by atoms with Crippen molar-refractivity contribution in [2.45, 2.75) is 25.8 Å². The Morgan fingerprint density at radius 3 is 2.68 bits per heavy atom. The van der Waals surface area contributed by atoms with Gasteiger partial charge in [-0.15, -0.1) is 0 Å². The zero-order chi connectivity index (χ0) is 13.6. The van der Waals surface area contributed by atoms with Gasteiger partial charge in [0.25, 0.3) is 0 Å². The summed E-state index contributed by atoms with van der Waals surface area (Å²) in [5.41, 5.74) is 1.65. The van der Waals surface area contributed by atoms with Crippen molar-refractivity contribution in [3.8, 4) is 0 Å². The molecule has 0 bridgehead atoms. The van der Waals surface area contributed by atoms with Crippen LogP contribution in [0.4, 0.5) is 5.69 Å². The first-order chi connectivity index (χ1) is 9.06. The normalized spacial score (nSPS) is 23.5. The highest BCUT2D eigenvalue weighted by Gasteiger charge is 2.43. The van der Waals surface area contributed by atoms with Crippen LogP contribution in [0.15, 0.2) is 18.2 Å². The Labute approximate surface area is 116 Å². The van der Waals surface area contributed by atoms with E-state index in [0.717, 1.165) is 18.4 Å². The Kier molecular flexibility index (Phi) is 2.97. The fourth-order valence-corrected chi connectivity index (χ4v) is 2.79. The van der Waals surface area contributed by atoms with Crippen molar-refractivity contribution in [3.63, 3.8) is 0 Å². The van der Waals surface area contributed by atoms with Gasteiger partial charge in [0.1, 0.15) is 12.6 Å². The quantitative estimate of drug-likeness (QED) is 0.898. The van der Waals surface area contributed by atoms with Crippen molar-refractivity contribution in [1.82, 2.24) is 5.32 Å². The van der Waals surface area contributed by atoms with E-state index in [1.165, 1.54) is 4.90 Å². The van der Waals surface area contributed by atoms with Gasteiger partial charge in [-0.05, 0) is 43.4 Å². The van der Waals surface area contributed by atoms with E-state index in [-0.39, 0.29) is 24.4 Å². The highest BCUT2D eigenvalue weighted by molar-refractivity contribution is 6.34. The van der Waals surface area contributed by atoms with Gasteiger partial charge in [0.2, 0.25) is 11.8 Å². The molecule has 2 fully saturated rings. The third kappa shape index (κ3) is 2.32. The summed E-state index contributed by atoms with van der Waals surface area (Å²) in [5.74, 6) is 0.129. The lowest BCUT2D eigenvalue weighted by Crippen LogP contribution is -2.59. The zero-order valence-corrected chi connectivity index (χ0v) is 11.4. The van der Waals surface area contributed by atoms with Crippen LogP contribution >= 0.6 is 11.6 Å². The predicted molar refractivity (Wildman–Crippen MR) is 73.2 cm³/mol. The highest BCUT2D eigenvalue weighted by atomic mass is 35.5. The molecule has 1 aromatic carbocycles. The molecule has 0 aromatic heterocycles. The number of carbonyl (C=O) groups excluding carboxylic acids is 2. The number of nitrogens with zero attached hydrogens (tertiary/aromatic N) is 1. The van der Waals surface area contributed by atoms with Gasteiger partial charge in [-0.1, -0.05) is 17.7 Å². The lowest BCUT2D eigenvalue weighted by Gasteiger charge is -2.33. The summed E-state index contributed by atoms with van der Waals surface area (Å²) in [5, 5.41) is 3.30. The molecule has 0 spiro atoms. The van der Waals surface area contributed by atoms with E-state index in [2.05, 4.69) is 5.32 Å². The molecule has 1 N–H and O–H groups in total. The standard InChI is InChI=1S/C14H15ClN2O2/c1-8-2-5-11(10(15)6-8)17-7-12(18)16-13(14(17)19)9-3-4-9/h2,5-6,9,13H,3-4,7H2,1H3,(H,16,18). The first-order valence-corrected chi connectivity index (χ1v) is 6.81. The minimum atomic E-state index is -0.376. The molecule has 1 unspecified atom stereocenters. The summed E-state index contributed by atoms with van der Waals surface area (Å²) in [7, 11) is 0. The molecular weight excluding hydrogens is 264 g/mol. The smallest absolute Gasteiger partial charge is 0.250 e. The number of hydrogen-bond acceptors (Lipinski definition) is 2. The van der Waals surface area contributed by atoms with Crippen molar-refractivity contribution >= 4 is 29.1 Å². The second-order valence-electron chi connectivity index (χ2n) is 5.26. The van der Waals surface area contributed by atoms with E-state index in [0.29, 0.717) is 16.6 Å². The summed E-state index contributed by atoms with van der Waals surface area (Å²) >= 11 is 6.19. The SMILES string of the molecule is Cc1ccc(N2CC(=O)NC(C3CC3)C2=O)c(Cl)c1. The van der Waals surface area contributed by atoms with Crippen molar-refractivity contribution < 1.29 is 9.59 Å². The Hall–Kier alpha value is -1.55. The average molecular weight is 279 g/mol. The van der Waals surface area contributed by atoms with Gasteiger partial charge in [-0.2, -0.15) is 0 Å². The molecule has 1 aliphatic heterocycles. The van der Waals surface area contributed by atoms with Crippen LogP contribution in [-0.4, -0.2) is 24.4 Å². The molecular formula is C14H15ClN2O2. The maximum Gasteiger partial charge on any atom is 0.250 e. The van der Waals surface area contributed by atoms with E-state index in [1.54, 1.807) is 6.07 Å². The summed E-state index contributed by atoms with van der Waals surface area (Å²) in [4.78, 5) is 25.7. The molecule has 1 atom stereocenters. The van der Waals surface area contributed by atoms with Crippen LogP contribution in [0.1, 0.15) is 18.4 Å². The number of rotatable bonds is 2. The summed E-state index contributed by atoms with van der Waals surface area (Å²) < 4.78 is 0. The number of nitrogens with one attached hydrogen (secondary N) is 1. The maximum absolute atomic E-state index is 12.4. The molecule has 5 heteroatoms. The third-order valence-electron chi connectivity index (χ3n) is 3.64. The molecule has 1 aromatic rings. The number of hydrogen-bond donors (Lipinski definition) is 1. The van der Waals surface area contributed by atoms with Gasteiger partial charge in [-0.25, -0.2) is 0 Å². The molecule has 2 aliphatic rings. The molecule has 2 amide bonds. The molecule has 4 nitrogen and oxygen atoms in total. The van der Waals surface area contributed by atoms with Gasteiger partial charge in [0.05, 0.1) is 10.7 Å². The number of benzene rings is 1. The Balaban J connectivity index is 1.93. The lowest BCUT2D eigenvalue weighted by molar-refractivity contribution is -0.131. The Morgan fingerprint density at radius 2 is 2.05 bits per heavy atom. The van der Waals surface area contributed by atoms with E-state index in [4.69, 9.17) is 11.6 Å². The van der Waals surface area contributed by atoms with Gasteiger partial charge < -0.3 is 5.32 Å². The van der Waals surface area contributed by atoms with Gasteiger partial charge in [-0.3, -0.25) is 14.5 Å². The number of amides is 2. The van der Waals surface area contributed by atoms with Crippen molar-refractivity contribution in [2.24, 2.45) is 5.92 Å². The molecule has 1 aliphatic carbocycles. The number of piperazine rings is 1. The first-order valence-electron chi connectivity index (χ1n) is 6.43. The number of anilines is 1. The number of halogens is 1. The summed E-state index contributed by atoms with van der Waals surface area (Å²) in [6, 6.07) is 5.13. The predicted octanol–water partition coefficient (Wildman–Crippen LogP) is 1.89. The highest BCUT2D eigenvalue weighted by Crippen LogP contribution is 2.36. The maximum atomic E-state index is 12.4. The minimum absolute atomic E-state index is 0.0465. The van der Waals surface area contributed by atoms with E-state index in [9.17, 15) is 9.59 Å². The Bertz CT molecular complexity index is 554. The Morgan fingerprint density at radius 1 is 1.32 bits per heavy atom.